The summed E-state index contributed by atoms with van der Waals surface area (Å²) in [5.74, 6) is -0.0713. The molecule has 1 aliphatic carbocycles. The normalized spacial score (nSPS) is 12.6. The minimum atomic E-state index is -0.0713. The van der Waals surface area contributed by atoms with Crippen LogP contribution in [-0.2, 0) is 9.53 Å². The van der Waals surface area contributed by atoms with E-state index in [1.54, 1.807) is 0 Å². The van der Waals surface area contributed by atoms with Crippen LogP contribution in [0.25, 0.3) is 0 Å². The molecule has 1 rings (SSSR count). The first kappa shape index (κ1) is 17.5. The number of rotatable bonds is 10. The van der Waals surface area contributed by atoms with Gasteiger partial charge in [-0.1, -0.05) is 77.6 Å². The Hall–Kier alpha value is -0.530. The van der Waals surface area contributed by atoms with Crippen molar-refractivity contribution in [2.24, 2.45) is 0 Å². The van der Waals surface area contributed by atoms with Crippen molar-refractivity contribution in [3.8, 4) is 0 Å². The van der Waals surface area contributed by atoms with Crippen LogP contribution in [0.4, 0.5) is 0 Å². The number of unbranched alkanes of at least 4 members (excludes halogenated alkanes) is 8. The van der Waals surface area contributed by atoms with Crippen molar-refractivity contribution in [2.75, 3.05) is 7.11 Å². The van der Waals surface area contributed by atoms with E-state index in [0.717, 1.165) is 6.42 Å². The third kappa shape index (κ3) is 17.9. The molecule has 0 radical (unpaired) electrons. The van der Waals surface area contributed by atoms with E-state index in [0.29, 0.717) is 6.42 Å². The standard InChI is InChI=1S/C13H26O2.C3H6/c1-3-4-5-6-7-8-9-10-11-12-13(14)15-2;1-2-3-1/h3-12H2,1-2H3;1-3H2. The second-order valence-corrected chi connectivity index (χ2v) is 5.22. The van der Waals surface area contributed by atoms with Crippen molar-refractivity contribution < 1.29 is 9.53 Å². The Morgan fingerprint density at radius 3 is 1.67 bits per heavy atom. The molecule has 0 saturated heterocycles. The fraction of sp³-hybridized carbons (Fsp3) is 0.938. The van der Waals surface area contributed by atoms with Gasteiger partial charge in [0.05, 0.1) is 7.11 Å². The van der Waals surface area contributed by atoms with Gasteiger partial charge in [-0.3, -0.25) is 4.79 Å². The van der Waals surface area contributed by atoms with Crippen LogP contribution in [0, 0.1) is 0 Å². The van der Waals surface area contributed by atoms with Crippen LogP contribution in [-0.4, -0.2) is 13.1 Å². The van der Waals surface area contributed by atoms with Gasteiger partial charge in [0.2, 0.25) is 0 Å². The lowest BCUT2D eigenvalue weighted by Gasteiger charge is -2.01. The Morgan fingerprint density at radius 2 is 1.28 bits per heavy atom. The van der Waals surface area contributed by atoms with Crippen LogP contribution in [0.5, 0.6) is 0 Å². The first-order valence-electron chi connectivity index (χ1n) is 7.88. The number of carbonyl (C=O) groups is 1. The Balaban J connectivity index is 0.000000827. The zero-order chi connectivity index (χ0) is 13.5. The average molecular weight is 256 g/mol. The van der Waals surface area contributed by atoms with Gasteiger partial charge in [0.25, 0.3) is 0 Å². The molecule has 0 atom stereocenters. The highest BCUT2D eigenvalue weighted by Crippen LogP contribution is 2.14. The predicted molar refractivity (Wildman–Crippen MR) is 77.7 cm³/mol. The molecule has 0 heterocycles. The fourth-order valence-corrected chi connectivity index (χ4v) is 1.68. The molecular weight excluding hydrogens is 224 g/mol. The van der Waals surface area contributed by atoms with Gasteiger partial charge in [0.1, 0.15) is 0 Å². The second-order valence-electron chi connectivity index (χ2n) is 5.22. The molecule has 1 saturated carbocycles. The minimum absolute atomic E-state index is 0.0713. The second kappa shape index (κ2) is 14.5. The first-order valence-corrected chi connectivity index (χ1v) is 7.88. The molecule has 1 aliphatic rings. The van der Waals surface area contributed by atoms with Crippen molar-refractivity contribution in [3.63, 3.8) is 0 Å². The number of hydrogen-bond donors (Lipinski definition) is 0. The molecule has 0 bridgehead atoms. The van der Waals surface area contributed by atoms with E-state index in [1.165, 1.54) is 77.7 Å². The van der Waals surface area contributed by atoms with Crippen molar-refractivity contribution in [2.45, 2.75) is 90.4 Å². The molecule has 1 fully saturated rings. The van der Waals surface area contributed by atoms with Crippen LogP contribution in [0.1, 0.15) is 90.4 Å². The maximum absolute atomic E-state index is 10.8. The molecule has 0 amide bonds. The lowest BCUT2D eigenvalue weighted by molar-refractivity contribution is -0.140. The van der Waals surface area contributed by atoms with Crippen molar-refractivity contribution >= 4 is 5.97 Å². The summed E-state index contributed by atoms with van der Waals surface area (Å²) < 4.78 is 4.58. The summed E-state index contributed by atoms with van der Waals surface area (Å²) >= 11 is 0. The molecule has 0 aliphatic heterocycles. The quantitative estimate of drug-likeness (QED) is 0.394. The third-order valence-corrected chi connectivity index (χ3v) is 3.07. The van der Waals surface area contributed by atoms with Gasteiger partial charge in [-0.15, -0.1) is 0 Å². The lowest BCUT2D eigenvalue weighted by Crippen LogP contribution is -1.99. The smallest absolute Gasteiger partial charge is 0.305 e. The summed E-state index contributed by atoms with van der Waals surface area (Å²) in [6.45, 7) is 2.24. The maximum atomic E-state index is 10.8. The Labute approximate surface area is 113 Å². The van der Waals surface area contributed by atoms with Crippen molar-refractivity contribution in [1.82, 2.24) is 0 Å². The monoisotopic (exact) mass is 256 g/mol. The topological polar surface area (TPSA) is 26.3 Å². The van der Waals surface area contributed by atoms with Gasteiger partial charge < -0.3 is 4.74 Å². The molecule has 0 aromatic carbocycles. The van der Waals surface area contributed by atoms with Crippen LogP contribution < -0.4 is 0 Å². The molecule has 0 aromatic rings. The minimum Gasteiger partial charge on any atom is -0.469 e. The number of carbonyl (C=O) groups excluding carboxylic acids is 1. The van der Waals surface area contributed by atoms with E-state index in [2.05, 4.69) is 11.7 Å². The third-order valence-electron chi connectivity index (χ3n) is 3.07. The number of esters is 1. The van der Waals surface area contributed by atoms with Gasteiger partial charge in [-0.05, 0) is 6.42 Å². The predicted octanol–water partition coefficient (Wildman–Crippen LogP) is 5.25. The molecule has 18 heavy (non-hydrogen) atoms. The lowest BCUT2D eigenvalue weighted by atomic mass is 10.1. The Bertz CT molecular complexity index is 173. The molecule has 2 nitrogen and oxygen atoms in total. The van der Waals surface area contributed by atoms with Crippen LogP contribution >= 0.6 is 0 Å². The molecule has 0 unspecified atom stereocenters. The van der Waals surface area contributed by atoms with E-state index in [1.807, 2.05) is 0 Å². The van der Waals surface area contributed by atoms with Gasteiger partial charge in [0, 0.05) is 6.42 Å². The highest BCUT2D eigenvalue weighted by molar-refractivity contribution is 5.68. The number of methoxy groups -OCH3 is 1. The van der Waals surface area contributed by atoms with E-state index >= 15 is 0 Å². The van der Waals surface area contributed by atoms with Crippen molar-refractivity contribution in [3.05, 3.63) is 0 Å². The zero-order valence-corrected chi connectivity index (χ0v) is 12.5. The van der Waals surface area contributed by atoms with Gasteiger partial charge >= 0.3 is 5.97 Å². The van der Waals surface area contributed by atoms with Gasteiger partial charge in [0.15, 0.2) is 0 Å². The fourth-order valence-electron chi connectivity index (χ4n) is 1.68. The molecular formula is C16H32O2. The van der Waals surface area contributed by atoms with E-state index in [9.17, 15) is 4.79 Å². The largest absolute Gasteiger partial charge is 0.469 e. The van der Waals surface area contributed by atoms with E-state index in [4.69, 9.17) is 0 Å². The molecule has 2 heteroatoms. The summed E-state index contributed by atoms with van der Waals surface area (Å²) in [5, 5.41) is 0. The Morgan fingerprint density at radius 1 is 0.833 bits per heavy atom. The van der Waals surface area contributed by atoms with Gasteiger partial charge in [-0.25, -0.2) is 0 Å². The van der Waals surface area contributed by atoms with Gasteiger partial charge in [-0.2, -0.15) is 0 Å². The molecule has 0 N–H and O–H groups in total. The highest BCUT2D eigenvalue weighted by atomic mass is 16.5. The van der Waals surface area contributed by atoms with Crippen LogP contribution in [0.15, 0.2) is 0 Å². The molecule has 108 valence electrons. The summed E-state index contributed by atoms with van der Waals surface area (Å²) in [5.41, 5.74) is 0. The van der Waals surface area contributed by atoms with Crippen LogP contribution in [0.2, 0.25) is 0 Å². The number of hydrogen-bond acceptors (Lipinski definition) is 2. The summed E-state index contributed by atoms with van der Waals surface area (Å²) in [7, 11) is 1.45. The van der Waals surface area contributed by atoms with Crippen molar-refractivity contribution in [1.29, 1.82) is 0 Å². The summed E-state index contributed by atoms with van der Waals surface area (Å²) in [4.78, 5) is 10.8. The summed E-state index contributed by atoms with van der Waals surface area (Å²) in [6, 6.07) is 0. The highest BCUT2D eigenvalue weighted by Gasteiger charge is 1.98. The zero-order valence-electron chi connectivity index (χ0n) is 12.5. The number of ether oxygens (including phenoxy) is 1. The molecule has 0 aromatic heterocycles. The molecule has 0 spiro atoms. The van der Waals surface area contributed by atoms with E-state index in [-0.39, 0.29) is 5.97 Å². The van der Waals surface area contributed by atoms with Crippen LogP contribution in [0.3, 0.4) is 0 Å². The van der Waals surface area contributed by atoms with E-state index < -0.39 is 0 Å². The Kier molecular flexibility index (Phi) is 14.1. The maximum Gasteiger partial charge on any atom is 0.305 e. The first-order chi connectivity index (χ1) is 8.81. The summed E-state index contributed by atoms with van der Waals surface area (Å²) in [6.07, 6.45) is 16.7. The average Bonchev–Trinajstić information content (AvgIpc) is 3.24. The SMILES string of the molecule is C1CC1.CCCCCCCCCCCC(=O)OC.